The topological polar surface area (TPSA) is 58.2 Å². The number of rotatable bonds is 38. The molecule has 4 nitrogen and oxygen atoms in total. The number of aryl methyl sites for hydroxylation is 4. The van der Waals surface area contributed by atoms with Crippen LogP contribution in [0.4, 0.5) is 26.3 Å². The Morgan fingerprint density at radius 1 is 0.446 bits per heavy atom. The largest absolute Gasteiger partial charge is 0.380 e. The maximum Gasteiger partial charge on any atom is 0.380 e. The Kier molecular flexibility index (Phi) is 27.1. The Bertz CT molecular complexity index is 1570. The quantitative estimate of drug-likeness (QED) is 0.0520. The van der Waals surface area contributed by atoms with Crippen molar-refractivity contribution in [2.45, 2.75) is 251 Å². The molecule has 2 N–H and O–H groups in total. The summed E-state index contributed by atoms with van der Waals surface area (Å²) < 4.78 is 93.2. The van der Waals surface area contributed by atoms with E-state index in [1.807, 2.05) is 0 Å². The van der Waals surface area contributed by atoms with Crippen molar-refractivity contribution >= 4 is 45.6 Å². The van der Waals surface area contributed by atoms with Gasteiger partial charge in [-0.05, 0) is 62.8 Å². The normalized spacial score (nSPS) is 15.3. The highest BCUT2D eigenvalue weighted by molar-refractivity contribution is 7.12. The molecule has 12 heteroatoms. The second-order valence-corrected chi connectivity index (χ2v) is 21.4. The maximum atomic E-state index is 15.7. The molecule has 0 bridgehead atoms. The molecule has 372 valence electrons. The number of carbonyl (C=O) groups excluding carboxylic acids is 2. The molecule has 0 radical (unpaired) electrons. The first-order chi connectivity index (χ1) is 31.2. The Hall–Kier alpha value is -2.34. The molecule has 1 aliphatic carbocycles. The van der Waals surface area contributed by atoms with E-state index in [2.05, 4.69) is 24.5 Å². The highest BCUT2D eigenvalue weighted by Crippen LogP contribution is 2.65. The summed E-state index contributed by atoms with van der Waals surface area (Å²) >= 11 is 2.10. The van der Waals surface area contributed by atoms with Crippen LogP contribution < -0.4 is 10.6 Å². The summed E-state index contributed by atoms with van der Waals surface area (Å²) in [5.74, 6) is -16.4. The molecule has 0 saturated carbocycles. The summed E-state index contributed by atoms with van der Waals surface area (Å²) in [4.78, 5) is 26.7. The van der Waals surface area contributed by atoms with E-state index in [4.69, 9.17) is 0 Å². The van der Waals surface area contributed by atoms with Crippen molar-refractivity contribution in [3.8, 4) is 0 Å². The Morgan fingerprint density at radius 3 is 0.985 bits per heavy atom. The minimum atomic E-state index is -5.66. The van der Waals surface area contributed by atoms with Gasteiger partial charge in [-0.3, -0.25) is 9.59 Å². The van der Waals surface area contributed by atoms with Gasteiger partial charge in [0.15, 0.2) is 0 Å². The highest BCUT2D eigenvalue weighted by atomic mass is 32.1. The summed E-state index contributed by atoms with van der Waals surface area (Å²) in [6.45, 7) is 8.45. The fraction of sp³-hybridized carbons (Fsp3) is 0.774. The van der Waals surface area contributed by atoms with Crippen LogP contribution in [0.3, 0.4) is 0 Å². The zero-order valence-corrected chi connectivity index (χ0v) is 42.2. The summed E-state index contributed by atoms with van der Waals surface area (Å²) in [6.07, 6.45) is 35.1. The maximum absolute atomic E-state index is 15.7. The Labute approximate surface area is 397 Å². The summed E-state index contributed by atoms with van der Waals surface area (Å²) in [7, 11) is 0. The van der Waals surface area contributed by atoms with Crippen molar-refractivity contribution in [1.82, 2.24) is 10.6 Å². The Balaban J connectivity index is 1.44. The standard InChI is InChI=1S/C53H84F6N2O2S2/c1-5-7-9-11-13-15-17-19-21-23-25-27-29-31-37-60-47(62)35-33-43-39-45(41(3)64-43)49-50(52(56,57)53(58,59)51(49,54)55)46-40-44(65-42(46)4)34-36-48(63)61-38-32-30-28-26-24-22-20-18-16-14-12-10-8-6-2/h39-40H,5-38H2,1-4H3,(H,60,62)(H,61,63). The van der Waals surface area contributed by atoms with E-state index in [1.54, 1.807) is 0 Å². The number of halogens is 6. The minimum absolute atomic E-state index is 0.0621. The van der Waals surface area contributed by atoms with E-state index in [1.165, 1.54) is 167 Å². The van der Waals surface area contributed by atoms with Crippen molar-refractivity contribution in [3.63, 3.8) is 0 Å². The molecule has 2 heterocycles. The summed E-state index contributed by atoms with van der Waals surface area (Å²) in [6, 6.07) is 2.54. The number of carbonyl (C=O) groups is 2. The monoisotopic (exact) mass is 959 g/mol. The lowest BCUT2D eigenvalue weighted by Gasteiger charge is -2.25. The predicted octanol–water partition coefficient (Wildman–Crippen LogP) is 17.3. The van der Waals surface area contributed by atoms with Crippen LogP contribution in [0, 0.1) is 13.8 Å². The fourth-order valence-corrected chi connectivity index (χ4v) is 11.1. The van der Waals surface area contributed by atoms with Crippen molar-refractivity contribution in [3.05, 3.63) is 42.8 Å². The zero-order chi connectivity index (χ0) is 47.6. The van der Waals surface area contributed by atoms with Crippen molar-refractivity contribution < 1.29 is 35.9 Å². The van der Waals surface area contributed by atoms with Crippen LogP contribution in [-0.4, -0.2) is 42.7 Å². The van der Waals surface area contributed by atoms with E-state index < -0.39 is 28.9 Å². The molecule has 3 rings (SSSR count). The van der Waals surface area contributed by atoms with Gasteiger partial charge in [-0.25, -0.2) is 0 Å². The van der Waals surface area contributed by atoms with Gasteiger partial charge in [0.2, 0.25) is 11.8 Å². The number of amides is 2. The first kappa shape index (κ1) is 57.0. The predicted molar refractivity (Wildman–Crippen MR) is 263 cm³/mol. The lowest BCUT2D eigenvalue weighted by Crippen LogP contribution is -2.48. The second kappa shape index (κ2) is 30.9. The number of allylic oxidation sites excluding steroid dienone is 2. The number of nitrogens with one attached hydrogen (secondary N) is 2. The van der Waals surface area contributed by atoms with Gasteiger partial charge in [0.05, 0.1) is 0 Å². The molecule has 0 atom stereocenters. The Morgan fingerprint density at radius 2 is 0.708 bits per heavy atom. The van der Waals surface area contributed by atoms with Crippen molar-refractivity contribution in [2.75, 3.05) is 13.1 Å². The smallest absolute Gasteiger partial charge is 0.356 e. The lowest BCUT2D eigenvalue weighted by atomic mass is 9.94. The van der Waals surface area contributed by atoms with E-state index >= 15 is 26.3 Å². The molecule has 65 heavy (non-hydrogen) atoms. The molecule has 2 aromatic heterocycles. The van der Waals surface area contributed by atoms with E-state index in [-0.39, 0.29) is 58.4 Å². The summed E-state index contributed by atoms with van der Waals surface area (Å²) in [5, 5.41) is 5.81. The number of hydrogen-bond donors (Lipinski definition) is 2. The van der Waals surface area contributed by atoms with Crippen LogP contribution in [0.2, 0.25) is 0 Å². The van der Waals surface area contributed by atoms with Gasteiger partial charge in [0.25, 0.3) is 0 Å². The first-order valence-electron chi connectivity index (χ1n) is 25.8. The minimum Gasteiger partial charge on any atom is -0.356 e. The molecule has 2 aromatic rings. The molecular weight excluding hydrogens is 875 g/mol. The van der Waals surface area contributed by atoms with Crippen LogP contribution in [-0.2, 0) is 22.4 Å². The van der Waals surface area contributed by atoms with E-state index in [0.717, 1.165) is 61.2 Å². The number of alkyl halides is 6. The zero-order valence-electron chi connectivity index (χ0n) is 40.6. The van der Waals surface area contributed by atoms with Gasteiger partial charge in [0.1, 0.15) is 0 Å². The van der Waals surface area contributed by atoms with Crippen LogP contribution in [0.5, 0.6) is 0 Å². The van der Waals surface area contributed by atoms with Gasteiger partial charge in [0, 0.05) is 56.6 Å². The first-order valence-corrected chi connectivity index (χ1v) is 27.4. The van der Waals surface area contributed by atoms with Crippen molar-refractivity contribution in [2.24, 2.45) is 0 Å². The SMILES string of the molecule is CCCCCCCCCCCCCCCCNC(=O)CCc1cc(C2=C(c3cc(CCC(=O)NCCCCCCCCCCCCCCCC)sc3C)C(F)(F)C(F)(F)C2(F)F)c(C)s1. The van der Waals surface area contributed by atoms with Crippen LogP contribution in [0.1, 0.15) is 237 Å². The molecule has 0 aliphatic heterocycles. The molecule has 0 unspecified atom stereocenters. The number of hydrogen-bond acceptors (Lipinski definition) is 4. The van der Waals surface area contributed by atoms with Crippen molar-refractivity contribution in [1.29, 1.82) is 0 Å². The average Bonchev–Trinajstić information content (AvgIpc) is 3.85. The van der Waals surface area contributed by atoms with Crippen LogP contribution in [0.15, 0.2) is 12.1 Å². The molecule has 0 fully saturated rings. The fourth-order valence-electron chi connectivity index (χ4n) is 9.01. The third-order valence-corrected chi connectivity index (χ3v) is 15.3. The molecule has 0 aromatic carbocycles. The molecule has 0 spiro atoms. The number of thiophene rings is 2. The average molecular weight is 959 g/mol. The van der Waals surface area contributed by atoms with E-state index in [9.17, 15) is 9.59 Å². The van der Waals surface area contributed by atoms with Gasteiger partial charge in [-0.15, -0.1) is 22.7 Å². The van der Waals surface area contributed by atoms with Gasteiger partial charge in [-0.2, -0.15) is 26.3 Å². The third kappa shape index (κ3) is 18.9. The number of unbranched alkanes of at least 4 members (excludes halogenated alkanes) is 26. The molecule has 0 saturated heterocycles. The summed E-state index contributed by atoms with van der Waals surface area (Å²) in [5.41, 5.74) is -3.43. The third-order valence-electron chi connectivity index (χ3n) is 13.0. The van der Waals surface area contributed by atoms with Crippen LogP contribution >= 0.6 is 22.7 Å². The molecular formula is C53H84F6N2O2S2. The molecule has 1 aliphatic rings. The second-order valence-electron chi connectivity index (χ2n) is 18.7. The van der Waals surface area contributed by atoms with Crippen LogP contribution in [0.25, 0.3) is 11.1 Å². The molecule has 2 amide bonds. The van der Waals surface area contributed by atoms with Gasteiger partial charge < -0.3 is 10.6 Å². The highest BCUT2D eigenvalue weighted by Gasteiger charge is 2.80. The lowest BCUT2D eigenvalue weighted by molar-refractivity contribution is -0.254. The van der Waals surface area contributed by atoms with Gasteiger partial charge in [-0.1, -0.05) is 181 Å². The van der Waals surface area contributed by atoms with Gasteiger partial charge >= 0.3 is 17.8 Å². The van der Waals surface area contributed by atoms with E-state index in [0.29, 0.717) is 22.8 Å².